The number of rotatable bonds is 3. The molecule has 0 spiro atoms. The summed E-state index contributed by atoms with van der Waals surface area (Å²) >= 11 is 1.60. The molecule has 0 saturated heterocycles. The van der Waals surface area contributed by atoms with Crippen LogP contribution in [0.5, 0.6) is 0 Å². The van der Waals surface area contributed by atoms with Crippen LogP contribution in [0.4, 0.5) is 14.5 Å². The van der Waals surface area contributed by atoms with Crippen LogP contribution in [0, 0.1) is 13.7 Å². The molecular formula is C7H5F2IN2O3. The lowest BCUT2D eigenvalue weighted by Crippen LogP contribution is -2.05. The van der Waals surface area contributed by atoms with E-state index in [0.29, 0.717) is 0 Å². The van der Waals surface area contributed by atoms with Crippen LogP contribution in [0.2, 0.25) is 0 Å². The average Bonchev–Trinajstić information content (AvgIpc) is 2.15. The number of halogens is 3. The third-order valence-electron chi connectivity index (χ3n) is 1.69. The van der Waals surface area contributed by atoms with Gasteiger partial charge in [0.15, 0.2) is 0 Å². The normalized spacial score (nSPS) is 10.7. The van der Waals surface area contributed by atoms with Crippen LogP contribution >= 0.6 is 22.6 Å². The second-order valence-corrected chi connectivity index (χ2v) is 3.70. The molecule has 0 atom stereocenters. The van der Waals surface area contributed by atoms with Gasteiger partial charge in [0.2, 0.25) is 0 Å². The monoisotopic (exact) mass is 330 g/mol. The minimum Gasteiger partial charge on any atom is -0.391 e. The number of nitro groups is 1. The highest BCUT2D eigenvalue weighted by Crippen LogP contribution is 2.31. The van der Waals surface area contributed by atoms with E-state index in [2.05, 4.69) is 4.98 Å². The van der Waals surface area contributed by atoms with Crippen molar-refractivity contribution in [1.82, 2.24) is 4.98 Å². The Balaban J connectivity index is 3.47. The van der Waals surface area contributed by atoms with Gasteiger partial charge in [-0.3, -0.25) is 15.1 Å². The molecule has 1 rings (SSSR count). The first-order valence-corrected chi connectivity index (χ1v) is 4.77. The van der Waals surface area contributed by atoms with Crippen LogP contribution < -0.4 is 0 Å². The minimum atomic E-state index is -2.94. The third-order valence-corrected chi connectivity index (χ3v) is 2.48. The Morgan fingerprint density at radius 3 is 2.67 bits per heavy atom. The van der Waals surface area contributed by atoms with Crippen LogP contribution in [0.1, 0.15) is 17.7 Å². The molecule has 0 fully saturated rings. The van der Waals surface area contributed by atoms with Gasteiger partial charge in [0.25, 0.3) is 12.1 Å². The molecule has 1 heterocycles. The predicted molar refractivity (Wildman–Crippen MR) is 54.5 cm³/mol. The van der Waals surface area contributed by atoms with Crippen LogP contribution in [-0.4, -0.2) is 15.0 Å². The summed E-state index contributed by atoms with van der Waals surface area (Å²) in [6.45, 7) is -0.834. The van der Waals surface area contributed by atoms with Gasteiger partial charge >= 0.3 is 0 Å². The van der Waals surface area contributed by atoms with Crippen molar-refractivity contribution in [3.63, 3.8) is 0 Å². The van der Waals surface area contributed by atoms with Gasteiger partial charge in [-0.25, -0.2) is 8.78 Å². The molecule has 0 aliphatic carbocycles. The Labute approximate surface area is 96.4 Å². The van der Waals surface area contributed by atoms with E-state index < -0.39 is 34.9 Å². The standard InChI is InChI=1S/C7H5F2IN2O3/c8-7(9)5-3(2-13)6(12(14)15)4(10)1-11-5/h1,7,13H,2H2. The van der Waals surface area contributed by atoms with Crippen molar-refractivity contribution >= 4 is 28.3 Å². The first-order valence-electron chi connectivity index (χ1n) is 3.69. The fraction of sp³-hybridized carbons (Fsp3) is 0.286. The Kier molecular flexibility index (Phi) is 3.85. The summed E-state index contributed by atoms with van der Waals surface area (Å²) in [5, 5.41) is 19.4. The number of aliphatic hydroxyl groups is 1. The van der Waals surface area contributed by atoms with E-state index in [-0.39, 0.29) is 3.57 Å². The van der Waals surface area contributed by atoms with Crippen LogP contribution in [0.15, 0.2) is 6.20 Å². The Morgan fingerprint density at radius 1 is 1.67 bits per heavy atom. The number of alkyl halides is 2. The van der Waals surface area contributed by atoms with Gasteiger partial charge in [-0.15, -0.1) is 0 Å². The number of nitrogens with zero attached hydrogens (tertiary/aromatic N) is 2. The zero-order valence-corrected chi connectivity index (χ0v) is 9.31. The zero-order chi connectivity index (χ0) is 11.6. The molecule has 5 nitrogen and oxygen atoms in total. The molecule has 0 aliphatic heterocycles. The molecule has 0 unspecified atom stereocenters. The molecule has 0 radical (unpaired) electrons. The molecule has 82 valence electrons. The highest BCUT2D eigenvalue weighted by atomic mass is 127. The fourth-order valence-corrected chi connectivity index (χ4v) is 1.73. The predicted octanol–water partition coefficient (Wildman–Crippen LogP) is 2.02. The van der Waals surface area contributed by atoms with Crippen molar-refractivity contribution in [2.24, 2.45) is 0 Å². The Bertz CT molecular complexity index is 400. The van der Waals surface area contributed by atoms with E-state index in [1.54, 1.807) is 22.6 Å². The summed E-state index contributed by atoms with van der Waals surface area (Å²) in [5.41, 5.74) is -1.69. The third kappa shape index (κ3) is 2.37. The molecule has 0 saturated carbocycles. The van der Waals surface area contributed by atoms with E-state index in [4.69, 9.17) is 5.11 Å². The highest BCUT2D eigenvalue weighted by molar-refractivity contribution is 14.1. The molecule has 1 aromatic heterocycles. The summed E-state index contributed by atoms with van der Waals surface area (Å²) < 4.78 is 24.9. The van der Waals surface area contributed by atoms with E-state index in [0.717, 1.165) is 6.20 Å². The summed E-state index contributed by atoms with van der Waals surface area (Å²) in [4.78, 5) is 13.2. The van der Waals surface area contributed by atoms with Crippen molar-refractivity contribution in [3.8, 4) is 0 Å². The topological polar surface area (TPSA) is 76.3 Å². The molecule has 0 aliphatic rings. The van der Waals surface area contributed by atoms with E-state index >= 15 is 0 Å². The smallest absolute Gasteiger partial charge is 0.291 e. The molecule has 0 amide bonds. The summed E-state index contributed by atoms with van der Waals surface area (Å²) in [6.07, 6.45) is -1.96. The van der Waals surface area contributed by atoms with Crippen LogP contribution in [0.3, 0.4) is 0 Å². The quantitative estimate of drug-likeness (QED) is 0.523. The number of hydrogen-bond donors (Lipinski definition) is 1. The lowest BCUT2D eigenvalue weighted by atomic mass is 10.1. The van der Waals surface area contributed by atoms with Gasteiger partial charge in [-0.05, 0) is 22.6 Å². The largest absolute Gasteiger partial charge is 0.391 e. The summed E-state index contributed by atoms with van der Waals surface area (Å²) in [5.74, 6) is 0. The number of aromatic nitrogens is 1. The number of pyridine rings is 1. The molecule has 8 heteroatoms. The summed E-state index contributed by atoms with van der Waals surface area (Å²) in [7, 11) is 0. The molecular weight excluding hydrogens is 325 g/mol. The van der Waals surface area contributed by atoms with Crippen molar-refractivity contribution in [3.05, 3.63) is 31.1 Å². The maximum Gasteiger partial charge on any atom is 0.291 e. The maximum atomic E-state index is 12.4. The highest BCUT2D eigenvalue weighted by Gasteiger charge is 2.26. The second kappa shape index (κ2) is 4.75. The average molecular weight is 330 g/mol. The van der Waals surface area contributed by atoms with Gasteiger partial charge in [-0.2, -0.15) is 0 Å². The van der Waals surface area contributed by atoms with Gasteiger partial charge in [0.1, 0.15) is 9.26 Å². The van der Waals surface area contributed by atoms with E-state index in [1.807, 2.05) is 0 Å². The molecule has 1 aromatic rings. The summed E-state index contributed by atoms with van der Waals surface area (Å²) in [6, 6.07) is 0. The fourth-order valence-electron chi connectivity index (χ4n) is 1.07. The lowest BCUT2D eigenvalue weighted by Gasteiger charge is -2.06. The maximum absolute atomic E-state index is 12.4. The van der Waals surface area contributed by atoms with Crippen LogP contribution in [0.25, 0.3) is 0 Å². The van der Waals surface area contributed by atoms with Gasteiger partial charge < -0.3 is 5.11 Å². The second-order valence-electron chi connectivity index (χ2n) is 2.53. The van der Waals surface area contributed by atoms with Crippen molar-refractivity contribution in [2.45, 2.75) is 13.0 Å². The van der Waals surface area contributed by atoms with E-state index in [9.17, 15) is 18.9 Å². The van der Waals surface area contributed by atoms with Crippen molar-refractivity contribution in [2.75, 3.05) is 0 Å². The minimum absolute atomic E-state index is 0.117. The molecule has 0 bridgehead atoms. The van der Waals surface area contributed by atoms with Gasteiger partial charge in [0.05, 0.1) is 17.1 Å². The lowest BCUT2D eigenvalue weighted by molar-refractivity contribution is -0.387. The molecule has 15 heavy (non-hydrogen) atoms. The SMILES string of the molecule is O=[N+]([O-])c1c(I)cnc(C(F)F)c1CO. The zero-order valence-electron chi connectivity index (χ0n) is 7.15. The van der Waals surface area contributed by atoms with Gasteiger partial charge in [-0.1, -0.05) is 0 Å². The number of hydrogen-bond acceptors (Lipinski definition) is 4. The Hall–Kier alpha value is -0.900. The van der Waals surface area contributed by atoms with Crippen molar-refractivity contribution < 1.29 is 18.8 Å². The first-order chi connectivity index (χ1) is 6.99. The molecule has 1 N–H and O–H groups in total. The number of aliphatic hydroxyl groups excluding tert-OH is 1. The molecule has 0 aromatic carbocycles. The van der Waals surface area contributed by atoms with Crippen LogP contribution in [-0.2, 0) is 6.61 Å². The van der Waals surface area contributed by atoms with Gasteiger partial charge in [0, 0.05) is 6.20 Å². The first kappa shape index (κ1) is 12.2. The Morgan fingerprint density at radius 2 is 2.27 bits per heavy atom. The van der Waals surface area contributed by atoms with Crippen molar-refractivity contribution in [1.29, 1.82) is 0 Å². The van der Waals surface area contributed by atoms with E-state index in [1.165, 1.54) is 0 Å².